The maximum atomic E-state index is 5.59. The van der Waals surface area contributed by atoms with E-state index in [0.717, 1.165) is 23.6 Å². The zero-order valence-corrected chi connectivity index (χ0v) is 8.01. The first-order valence-electron chi connectivity index (χ1n) is 4.56. The quantitative estimate of drug-likeness (QED) is 0.725. The van der Waals surface area contributed by atoms with Crippen LogP contribution in [0.15, 0.2) is 30.6 Å². The molecule has 1 aromatic heterocycles. The topological polar surface area (TPSA) is 56.7 Å². The first-order valence-corrected chi connectivity index (χ1v) is 4.56. The summed E-state index contributed by atoms with van der Waals surface area (Å²) in [5.41, 5.74) is 7.32. The highest BCUT2D eigenvalue weighted by molar-refractivity contribution is 5.44. The van der Waals surface area contributed by atoms with Crippen molar-refractivity contribution in [2.24, 2.45) is 0 Å². The van der Waals surface area contributed by atoms with Crippen LogP contribution in [0.4, 0.5) is 5.69 Å². The van der Waals surface area contributed by atoms with Gasteiger partial charge in [-0.3, -0.25) is 0 Å². The number of nitrogen functional groups attached to an aromatic ring is 1. The molecule has 0 saturated carbocycles. The maximum absolute atomic E-state index is 5.59. The number of aryl methyl sites for hydroxylation is 1. The summed E-state index contributed by atoms with van der Waals surface area (Å²) in [6.45, 7) is 2.03. The molecule has 0 saturated heterocycles. The fourth-order valence-electron chi connectivity index (χ4n) is 1.21. The van der Waals surface area contributed by atoms with Gasteiger partial charge in [0.15, 0.2) is 5.82 Å². The van der Waals surface area contributed by atoms with Crippen molar-refractivity contribution in [1.82, 2.24) is 14.8 Å². The second-order valence-corrected chi connectivity index (χ2v) is 3.05. The molecule has 0 bridgehead atoms. The molecular formula is C10H12N4. The number of benzene rings is 1. The normalized spacial score (nSPS) is 10.4. The lowest BCUT2D eigenvalue weighted by atomic mass is 10.3. The van der Waals surface area contributed by atoms with Crippen molar-refractivity contribution in [2.45, 2.75) is 13.3 Å². The second kappa shape index (κ2) is 3.49. The van der Waals surface area contributed by atoms with Gasteiger partial charge in [0.1, 0.15) is 6.33 Å². The van der Waals surface area contributed by atoms with Crippen molar-refractivity contribution in [3.63, 3.8) is 0 Å². The molecule has 0 aliphatic rings. The molecule has 2 N–H and O–H groups in total. The predicted octanol–water partition coefficient (Wildman–Crippen LogP) is 1.41. The lowest BCUT2D eigenvalue weighted by molar-refractivity contribution is 0.840. The first-order chi connectivity index (χ1) is 6.79. The third-order valence-electron chi connectivity index (χ3n) is 2.01. The molecule has 0 unspecified atom stereocenters. The predicted molar refractivity (Wildman–Crippen MR) is 55.1 cm³/mol. The van der Waals surface area contributed by atoms with E-state index in [1.54, 1.807) is 11.0 Å². The molecule has 0 radical (unpaired) electrons. The van der Waals surface area contributed by atoms with Gasteiger partial charge in [0.05, 0.1) is 5.69 Å². The Kier molecular flexibility index (Phi) is 2.18. The van der Waals surface area contributed by atoms with E-state index in [-0.39, 0.29) is 0 Å². The Balaban J connectivity index is 2.34. The van der Waals surface area contributed by atoms with Crippen LogP contribution in [0.3, 0.4) is 0 Å². The van der Waals surface area contributed by atoms with Crippen LogP contribution in [0.1, 0.15) is 12.7 Å². The number of rotatable bonds is 2. The average molecular weight is 188 g/mol. The Hall–Kier alpha value is -1.84. The molecule has 72 valence electrons. The molecule has 1 aromatic carbocycles. The zero-order valence-electron chi connectivity index (χ0n) is 8.01. The van der Waals surface area contributed by atoms with Gasteiger partial charge in [-0.15, -0.1) is 0 Å². The molecular weight excluding hydrogens is 176 g/mol. The van der Waals surface area contributed by atoms with Crippen LogP contribution in [-0.2, 0) is 6.42 Å². The van der Waals surface area contributed by atoms with Crippen molar-refractivity contribution in [3.8, 4) is 5.69 Å². The summed E-state index contributed by atoms with van der Waals surface area (Å²) in [6, 6.07) is 7.54. The lowest BCUT2D eigenvalue weighted by Crippen LogP contribution is -1.96. The van der Waals surface area contributed by atoms with Crippen molar-refractivity contribution in [1.29, 1.82) is 0 Å². The van der Waals surface area contributed by atoms with Gasteiger partial charge < -0.3 is 5.73 Å². The van der Waals surface area contributed by atoms with Gasteiger partial charge >= 0.3 is 0 Å². The van der Waals surface area contributed by atoms with Gasteiger partial charge in [-0.1, -0.05) is 6.92 Å². The third kappa shape index (κ3) is 1.59. The van der Waals surface area contributed by atoms with Crippen LogP contribution in [0, 0.1) is 0 Å². The molecule has 2 rings (SSSR count). The number of nitrogens with two attached hydrogens (primary N) is 1. The number of hydrogen-bond acceptors (Lipinski definition) is 3. The van der Waals surface area contributed by atoms with Crippen LogP contribution in [0.25, 0.3) is 5.69 Å². The SMILES string of the molecule is CCc1ncn(-c2ccc(N)cc2)n1. The summed E-state index contributed by atoms with van der Waals surface area (Å²) in [4.78, 5) is 4.15. The van der Waals surface area contributed by atoms with Gasteiger partial charge in [0.25, 0.3) is 0 Å². The molecule has 0 fully saturated rings. The number of anilines is 1. The molecule has 0 atom stereocenters. The Morgan fingerprint density at radius 1 is 1.29 bits per heavy atom. The minimum Gasteiger partial charge on any atom is -0.399 e. The third-order valence-corrected chi connectivity index (χ3v) is 2.01. The molecule has 4 nitrogen and oxygen atoms in total. The highest BCUT2D eigenvalue weighted by atomic mass is 15.3. The zero-order chi connectivity index (χ0) is 9.97. The molecule has 0 aliphatic heterocycles. The standard InChI is InChI=1S/C10H12N4/c1-2-10-12-7-14(13-10)9-5-3-8(11)4-6-9/h3-7H,2,11H2,1H3. The Labute approximate surface area is 82.4 Å². The number of nitrogens with zero attached hydrogens (tertiary/aromatic N) is 3. The molecule has 0 aliphatic carbocycles. The van der Waals surface area contributed by atoms with Gasteiger partial charge in [-0.05, 0) is 24.3 Å². The van der Waals surface area contributed by atoms with E-state index in [1.165, 1.54) is 0 Å². The van der Waals surface area contributed by atoms with E-state index >= 15 is 0 Å². The summed E-state index contributed by atoms with van der Waals surface area (Å²) >= 11 is 0. The minimum absolute atomic E-state index is 0.754. The van der Waals surface area contributed by atoms with E-state index in [2.05, 4.69) is 10.1 Å². The van der Waals surface area contributed by atoms with E-state index in [0.29, 0.717) is 0 Å². The highest BCUT2D eigenvalue weighted by Crippen LogP contribution is 2.09. The smallest absolute Gasteiger partial charge is 0.150 e. The van der Waals surface area contributed by atoms with E-state index < -0.39 is 0 Å². The first kappa shape index (κ1) is 8.74. The van der Waals surface area contributed by atoms with Crippen molar-refractivity contribution in [3.05, 3.63) is 36.4 Å². The number of aromatic nitrogens is 3. The fourth-order valence-corrected chi connectivity index (χ4v) is 1.21. The van der Waals surface area contributed by atoms with E-state index in [4.69, 9.17) is 5.73 Å². The molecule has 2 aromatic rings. The van der Waals surface area contributed by atoms with Crippen LogP contribution in [-0.4, -0.2) is 14.8 Å². The summed E-state index contributed by atoms with van der Waals surface area (Å²) < 4.78 is 1.75. The Bertz CT molecular complexity index is 416. The van der Waals surface area contributed by atoms with Crippen LogP contribution in [0.5, 0.6) is 0 Å². The molecule has 14 heavy (non-hydrogen) atoms. The van der Waals surface area contributed by atoms with Crippen molar-refractivity contribution < 1.29 is 0 Å². The summed E-state index contributed by atoms with van der Waals surface area (Å²) in [7, 11) is 0. The second-order valence-electron chi connectivity index (χ2n) is 3.05. The van der Waals surface area contributed by atoms with E-state index in [1.807, 2.05) is 31.2 Å². The monoisotopic (exact) mass is 188 g/mol. The fraction of sp³-hybridized carbons (Fsp3) is 0.200. The molecule has 0 spiro atoms. The molecule has 0 amide bonds. The maximum Gasteiger partial charge on any atom is 0.150 e. The number of hydrogen-bond donors (Lipinski definition) is 1. The van der Waals surface area contributed by atoms with Crippen LogP contribution < -0.4 is 5.73 Å². The molecule has 1 heterocycles. The van der Waals surface area contributed by atoms with Gasteiger partial charge in [-0.2, -0.15) is 5.10 Å². The Morgan fingerprint density at radius 2 is 2.00 bits per heavy atom. The van der Waals surface area contributed by atoms with Crippen molar-refractivity contribution >= 4 is 5.69 Å². The van der Waals surface area contributed by atoms with Crippen molar-refractivity contribution in [2.75, 3.05) is 5.73 Å². The van der Waals surface area contributed by atoms with E-state index in [9.17, 15) is 0 Å². The molecule has 4 heteroatoms. The van der Waals surface area contributed by atoms with Gasteiger partial charge in [0, 0.05) is 12.1 Å². The Morgan fingerprint density at radius 3 is 2.57 bits per heavy atom. The summed E-state index contributed by atoms with van der Waals surface area (Å²) in [5, 5.41) is 4.29. The largest absolute Gasteiger partial charge is 0.399 e. The highest BCUT2D eigenvalue weighted by Gasteiger charge is 1.99. The minimum atomic E-state index is 0.754. The average Bonchev–Trinajstić information content (AvgIpc) is 2.67. The summed E-state index contributed by atoms with van der Waals surface area (Å²) in [5.74, 6) is 0.849. The van der Waals surface area contributed by atoms with Gasteiger partial charge in [-0.25, -0.2) is 9.67 Å². The lowest BCUT2D eigenvalue weighted by Gasteiger charge is -1.99. The van der Waals surface area contributed by atoms with Crippen LogP contribution in [0.2, 0.25) is 0 Å². The van der Waals surface area contributed by atoms with Crippen LogP contribution >= 0.6 is 0 Å². The summed E-state index contributed by atoms with van der Waals surface area (Å²) in [6.07, 6.45) is 2.56. The van der Waals surface area contributed by atoms with Gasteiger partial charge in [0.2, 0.25) is 0 Å².